The minimum absolute atomic E-state index is 0.541. The van der Waals surface area contributed by atoms with Crippen molar-refractivity contribution in [1.82, 2.24) is 9.97 Å². The van der Waals surface area contributed by atoms with E-state index in [1.807, 2.05) is 6.92 Å². The van der Waals surface area contributed by atoms with Crippen molar-refractivity contribution in [2.24, 2.45) is 0 Å². The fourth-order valence-corrected chi connectivity index (χ4v) is 2.48. The summed E-state index contributed by atoms with van der Waals surface area (Å²) in [7, 11) is 0. The Balaban J connectivity index is 2.19. The first-order valence-electron chi connectivity index (χ1n) is 7.49. The SMILES string of the molecule is CCCc1nc(Cl)c(C)c(NCc2ccccc2CC)n1. The third-order valence-corrected chi connectivity index (χ3v) is 3.92. The first-order chi connectivity index (χ1) is 10.2. The van der Waals surface area contributed by atoms with E-state index in [1.165, 1.54) is 11.1 Å². The van der Waals surface area contributed by atoms with Crippen molar-refractivity contribution in [1.29, 1.82) is 0 Å². The van der Waals surface area contributed by atoms with Gasteiger partial charge in [0, 0.05) is 18.5 Å². The molecule has 2 rings (SSSR count). The summed E-state index contributed by atoms with van der Waals surface area (Å²) < 4.78 is 0. The number of nitrogens with one attached hydrogen (secondary N) is 1. The highest BCUT2D eigenvalue weighted by Gasteiger charge is 2.09. The van der Waals surface area contributed by atoms with Crippen LogP contribution in [-0.2, 0) is 19.4 Å². The fraction of sp³-hybridized carbons (Fsp3) is 0.412. The van der Waals surface area contributed by atoms with Crippen LogP contribution in [0.5, 0.6) is 0 Å². The van der Waals surface area contributed by atoms with Gasteiger partial charge in [-0.15, -0.1) is 0 Å². The Morgan fingerprint density at radius 2 is 1.81 bits per heavy atom. The van der Waals surface area contributed by atoms with Crippen LogP contribution in [0.15, 0.2) is 24.3 Å². The summed E-state index contributed by atoms with van der Waals surface area (Å²) in [6, 6.07) is 8.46. The average Bonchev–Trinajstić information content (AvgIpc) is 2.50. The van der Waals surface area contributed by atoms with E-state index in [9.17, 15) is 0 Å². The molecule has 1 heterocycles. The monoisotopic (exact) mass is 303 g/mol. The van der Waals surface area contributed by atoms with Crippen LogP contribution in [0.4, 0.5) is 5.82 Å². The predicted octanol–water partition coefficient (Wildman–Crippen LogP) is 4.57. The molecule has 0 spiro atoms. The summed E-state index contributed by atoms with van der Waals surface area (Å²) in [6.45, 7) is 6.99. The number of halogens is 1. The van der Waals surface area contributed by atoms with Gasteiger partial charge in [-0.1, -0.05) is 49.7 Å². The van der Waals surface area contributed by atoms with Gasteiger partial charge in [0.2, 0.25) is 0 Å². The maximum Gasteiger partial charge on any atom is 0.137 e. The van der Waals surface area contributed by atoms with E-state index in [0.29, 0.717) is 5.15 Å². The summed E-state index contributed by atoms with van der Waals surface area (Å²) in [5.74, 6) is 1.64. The number of nitrogens with zero attached hydrogens (tertiary/aromatic N) is 2. The highest BCUT2D eigenvalue weighted by molar-refractivity contribution is 6.30. The molecule has 0 aliphatic heterocycles. The lowest BCUT2D eigenvalue weighted by Gasteiger charge is -2.13. The van der Waals surface area contributed by atoms with E-state index in [2.05, 4.69) is 53.4 Å². The van der Waals surface area contributed by atoms with Crippen molar-refractivity contribution in [3.8, 4) is 0 Å². The second-order valence-corrected chi connectivity index (χ2v) is 5.49. The second-order valence-electron chi connectivity index (χ2n) is 5.13. The van der Waals surface area contributed by atoms with Crippen molar-refractivity contribution in [2.45, 2.75) is 46.6 Å². The maximum absolute atomic E-state index is 6.20. The minimum Gasteiger partial charge on any atom is -0.366 e. The lowest BCUT2D eigenvalue weighted by Crippen LogP contribution is -2.08. The Kier molecular flexibility index (Phi) is 5.57. The molecule has 112 valence electrons. The van der Waals surface area contributed by atoms with Crippen molar-refractivity contribution in [2.75, 3.05) is 5.32 Å². The molecule has 0 saturated heterocycles. The van der Waals surface area contributed by atoms with Gasteiger partial charge >= 0.3 is 0 Å². The van der Waals surface area contributed by atoms with E-state index >= 15 is 0 Å². The van der Waals surface area contributed by atoms with Crippen molar-refractivity contribution >= 4 is 17.4 Å². The summed E-state index contributed by atoms with van der Waals surface area (Å²) in [5.41, 5.74) is 3.56. The Hall–Kier alpha value is -1.61. The number of anilines is 1. The van der Waals surface area contributed by atoms with Crippen LogP contribution in [0.3, 0.4) is 0 Å². The fourth-order valence-electron chi connectivity index (χ4n) is 2.29. The quantitative estimate of drug-likeness (QED) is 0.795. The van der Waals surface area contributed by atoms with Gasteiger partial charge in [0.15, 0.2) is 0 Å². The molecular weight excluding hydrogens is 282 g/mol. The average molecular weight is 304 g/mol. The minimum atomic E-state index is 0.541. The zero-order chi connectivity index (χ0) is 15.2. The van der Waals surface area contributed by atoms with Crippen molar-refractivity contribution < 1.29 is 0 Å². The van der Waals surface area contributed by atoms with Crippen LogP contribution in [0.25, 0.3) is 0 Å². The van der Waals surface area contributed by atoms with Crippen LogP contribution in [0, 0.1) is 6.92 Å². The largest absolute Gasteiger partial charge is 0.366 e. The van der Waals surface area contributed by atoms with E-state index in [4.69, 9.17) is 11.6 Å². The number of aromatic nitrogens is 2. The normalized spacial score (nSPS) is 10.7. The van der Waals surface area contributed by atoms with Crippen molar-refractivity contribution in [3.05, 3.63) is 51.9 Å². The van der Waals surface area contributed by atoms with Gasteiger partial charge in [-0.05, 0) is 30.9 Å². The van der Waals surface area contributed by atoms with Gasteiger partial charge in [0.1, 0.15) is 16.8 Å². The zero-order valence-electron chi connectivity index (χ0n) is 12.9. The number of hydrogen-bond donors (Lipinski definition) is 1. The third kappa shape index (κ3) is 3.94. The molecule has 0 atom stereocenters. The first-order valence-corrected chi connectivity index (χ1v) is 7.87. The number of rotatable bonds is 6. The standard InChI is InChI=1S/C17H22ClN3/c1-4-8-15-20-16(18)12(3)17(21-15)19-11-14-10-7-6-9-13(14)5-2/h6-7,9-10H,4-5,8,11H2,1-3H3,(H,19,20,21). The summed E-state index contributed by atoms with van der Waals surface area (Å²) >= 11 is 6.20. The first kappa shape index (κ1) is 15.8. The smallest absolute Gasteiger partial charge is 0.137 e. The number of aryl methyl sites for hydroxylation is 2. The van der Waals surface area contributed by atoms with Crippen LogP contribution in [0.2, 0.25) is 5.15 Å². The van der Waals surface area contributed by atoms with Gasteiger partial charge in [0.25, 0.3) is 0 Å². The Bertz CT molecular complexity index is 611. The third-order valence-electron chi connectivity index (χ3n) is 3.55. The highest BCUT2D eigenvalue weighted by Crippen LogP contribution is 2.21. The number of benzene rings is 1. The van der Waals surface area contributed by atoms with Gasteiger partial charge < -0.3 is 5.32 Å². The summed E-state index contributed by atoms with van der Waals surface area (Å²) in [6.07, 6.45) is 2.89. The zero-order valence-corrected chi connectivity index (χ0v) is 13.7. The molecule has 0 fully saturated rings. The van der Waals surface area contributed by atoms with Gasteiger partial charge in [0.05, 0.1) is 0 Å². The Labute approximate surface area is 131 Å². The Morgan fingerprint density at radius 3 is 2.48 bits per heavy atom. The van der Waals surface area contributed by atoms with Crippen LogP contribution < -0.4 is 5.32 Å². The molecule has 1 N–H and O–H groups in total. The highest BCUT2D eigenvalue weighted by atomic mass is 35.5. The van der Waals surface area contributed by atoms with E-state index in [0.717, 1.165) is 43.0 Å². The van der Waals surface area contributed by atoms with E-state index < -0.39 is 0 Å². The molecular formula is C17H22ClN3. The van der Waals surface area contributed by atoms with Gasteiger partial charge in [-0.25, -0.2) is 9.97 Å². The maximum atomic E-state index is 6.20. The van der Waals surface area contributed by atoms with Crippen LogP contribution in [0.1, 0.15) is 42.8 Å². The van der Waals surface area contributed by atoms with Crippen LogP contribution >= 0.6 is 11.6 Å². The molecule has 0 radical (unpaired) electrons. The summed E-state index contributed by atoms with van der Waals surface area (Å²) in [4.78, 5) is 8.91. The molecule has 0 amide bonds. The lowest BCUT2D eigenvalue weighted by molar-refractivity contribution is 0.829. The van der Waals surface area contributed by atoms with Crippen molar-refractivity contribution in [3.63, 3.8) is 0 Å². The predicted molar refractivity (Wildman–Crippen MR) is 88.9 cm³/mol. The molecule has 1 aromatic carbocycles. The molecule has 0 saturated carbocycles. The molecule has 0 unspecified atom stereocenters. The molecule has 0 bridgehead atoms. The van der Waals surface area contributed by atoms with E-state index in [-0.39, 0.29) is 0 Å². The molecule has 3 nitrogen and oxygen atoms in total. The summed E-state index contributed by atoms with van der Waals surface area (Å²) in [5, 5.41) is 3.95. The molecule has 21 heavy (non-hydrogen) atoms. The second kappa shape index (κ2) is 7.41. The topological polar surface area (TPSA) is 37.8 Å². The number of hydrogen-bond acceptors (Lipinski definition) is 3. The molecule has 0 aliphatic rings. The molecule has 2 aromatic rings. The molecule has 4 heteroatoms. The molecule has 1 aromatic heterocycles. The van der Waals surface area contributed by atoms with Gasteiger partial charge in [-0.2, -0.15) is 0 Å². The van der Waals surface area contributed by atoms with Gasteiger partial charge in [-0.3, -0.25) is 0 Å². The Morgan fingerprint density at radius 1 is 1.10 bits per heavy atom. The van der Waals surface area contributed by atoms with E-state index in [1.54, 1.807) is 0 Å². The lowest BCUT2D eigenvalue weighted by atomic mass is 10.1. The van der Waals surface area contributed by atoms with Crippen LogP contribution in [-0.4, -0.2) is 9.97 Å². The molecule has 0 aliphatic carbocycles.